The van der Waals surface area contributed by atoms with Crippen molar-refractivity contribution in [2.24, 2.45) is 20.5 Å². The summed E-state index contributed by atoms with van der Waals surface area (Å²) in [6, 6.07) is 15.5. The van der Waals surface area contributed by atoms with Crippen LogP contribution in [0.1, 0.15) is 6.92 Å². The summed E-state index contributed by atoms with van der Waals surface area (Å²) in [4.78, 5) is -0.395. The Morgan fingerprint density at radius 1 is 0.794 bits per heavy atom. The van der Waals surface area contributed by atoms with Crippen molar-refractivity contribution in [2.45, 2.75) is 11.8 Å². The molecule has 12 heteroatoms. The van der Waals surface area contributed by atoms with E-state index in [0.717, 1.165) is 11.8 Å². The average molecular weight is 492 g/mol. The first-order valence-electron chi connectivity index (χ1n) is 9.72. The molecule has 0 amide bonds. The minimum atomic E-state index is -4.60. The normalized spacial score (nSPS) is 11.4. The third kappa shape index (κ3) is 7.34. The predicted octanol–water partition coefficient (Wildman–Crippen LogP) is 2.84. The van der Waals surface area contributed by atoms with Gasteiger partial charge in [0.1, 0.15) is 38.7 Å². The fraction of sp³-hybridized carbons (Fsp3) is 0.182. The topological polar surface area (TPSA) is 134 Å². The molecular formula is C22H21N4NaO6S. The van der Waals surface area contributed by atoms with E-state index in [1.165, 1.54) is 32.4 Å². The number of ether oxygens (including phenoxy) is 3. The van der Waals surface area contributed by atoms with Crippen molar-refractivity contribution < 1.29 is 56.7 Å². The molecule has 3 aromatic rings. The first kappa shape index (κ1) is 27.4. The fourth-order valence-corrected chi connectivity index (χ4v) is 3.23. The summed E-state index contributed by atoms with van der Waals surface area (Å²) in [7, 11) is -1.67. The first-order chi connectivity index (χ1) is 15.8. The Balaban J connectivity index is 0.00000408. The molecule has 0 saturated carbocycles. The number of hydrogen-bond acceptors (Lipinski definition) is 10. The van der Waals surface area contributed by atoms with Gasteiger partial charge in [-0.25, -0.2) is 8.42 Å². The van der Waals surface area contributed by atoms with Crippen molar-refractivity contribution in [3.63, 3.8) is 0 Å². The molecular weight excluding hydrogens is 471 g/mol. The van der Waals surface area contributed by atoms with E-state index in [-0.39, 0.29) is 35.2 Å². The van der Waals surface area contributed by atoms with Crippen molar-refractivity contribution in [2.75, 3.05) is 20.8 Å². The van der Waals surface area contributed by atoms with Crippen LogP contribution in [0.2, 0.25) is 0 Å². The Kier molecular flexibility index (Phi) is 10.1. The van der Waals surface area contributed by atoms with Crippen molar-refractivity contribution >= 4 is 32.9 Å². The van der Waals surface area contributed by atoms with Gasteiger partial charge in [0.25, 0.3) is 0 Å². The molecule has 0 unspecified atom stereocenters. The van der Waals surface area contributed by atoms with Crippen molar-refractivity contribution in [3.8, 4) is 17.2 Å². The maximum Gasteiger partial charge on any atom is 1.00 e. The fourth-order valence-electron chi connectivity index (χ4n) is 2.72. The van der Waals surface area contributed by atoms with Gasteiger partial charge in [0.05, 0.1) is 37.1 Å². The van der Waals surface area contributed by atoms with Crippen molar-refractivity contribution in [1.82, 2.24) is 0 Å². The van der Waals surface area contributed by atoms with Gasteiger partial charge >= 0.3 is 29.6 Å². The van der Waals surface area contributed by atoms with E-state index in [9.17, 15) is 13.0 Å². The van der Waals surface area contributed by atoms with Gasteiger partial charge in [-0.05, 0) is 49.4 Å². The van der Waals surface area contributed by atoms with Crippen molar-refractivity contribution in [1.29, 1.82) is 0 Å². The predicted molar refractivity (Wildman–Crippen MR) is 120 cm³/mol. The van der Waals surface area contributed by atoms with Gasteiger partial charge in [-0.1, -0.05) is 6.07 Å². The van der Waals surface area contributed by atoms with Gasteiger partial charge in [-0.2, -0.15) is 10.2 Å². The molecule has 0 atom stereocenters. The van der Waals surface area contributed by atoms with Gasteiger partial charge in [0.15, 0.2) is 0 Å². The van der Waals surface area contributed by atoms with E-state index >= 15 is 0 Å². The third-order valence-electron chi connectivity index (χ3n) is 4.28. The molecule has 0 N–H and O–H groups in total. The standard InChI is InChI=1S/C22H22N4O6S.Na/c1-4-32-17-10-8-15(9-11-17)23-25-19-13-22(31-3)20(14-21(19)30-2)26-24-16-6-5-7-18(12-16)33(27,28)29;/h5-14H,4H2,1-3H3,(H,27,28,29);/q;+1/p-1. The summed E-state index contributed by atoms with van der Waals surface area (Å²) in [5.41, 5.74) is 1.52. The number of hydrogen-bond donors (Lipinski definition) is 0. The zero-order valence-corrected chi connectivity index (χ0v) is 21.9. The number of azo groups is 2. The molecule has 0 saturated heterocycles. The van der Waals surface area contributed by atoms with E-state index in [0.29, 0.717) is 35.2 Å². The van der Waals surface area contributed by atoms with Crippen LogP contribution < -0.4 is 43.8 Å². The van der Waals surface area contributed by atoms with Crippen LogP contribution in [0.25, 0.3) is 0 Å². The largest absolute Gasteiger partial charge is 1.00 e. The molecule has 0 fully saturated rings. The number of benzene rings is 3. The van der Waals surface area contributed by atoms with Crippen LogP contribution >= 0.6 is 0 Å². The van der Waals surface area contributed by atoms with E-state index in [1.54, 1.807) is 36.4 Å². The summed E-state index contributed by atoms with van der Waals surface area (Å²) in [6.07, 6.45) is 0. The van der Waals surface area contributed by atoms with E-state index in [4.69, 9.17) is 14.2 Å². The quantitative estimate of drug-likeness (QED) is 0.256. The molecule has 172 valence electrons. The summed E-state index contributed by atoms with van der Waals surface area (Å²) in [5.74, 6) is 1.45. The second-order valence-corrected chi connectivity index (χ2v) is 7.85. The summed E-state index contributed by atoms with van der Waals surface area (Å²) in [5, 5.41) is 16.6. The van der Waals surface area contributed by atoms with Gasteiger partial charge in [-0.15, -0.1) is 10.2 Å². The number of rotatable bonds is 9. The Morgan fingerprint density at radius 2 is 1.35 bits per heavy atom. The maximum absolute atomic E-state index is 11.2. The molecule has 34 heavy (non-hydrogen) atoms. The Hall–Kier alpha value is -2.83. The Bertz CT molecular complexity index is 1280. The first-order valence-corrected chi connectivity index (χ1v) is 11.1. The summed E-state index contributed by atoms with van der Waals surface area (Å²) >= 11 is 0. The van der Waals surface area contributed by atoms with E-state index in [2.05, 4.69) is 20.5 Å². The molecule has 0 bridgehead atoms. The van der Waals surface area contributed by atoms with Crippen LogP contribution in [-0.4, -0.2) is 33.8 Å². The minimum absolute atomic E-state index is 0. The molecule has 3 rings (SSSR count). The average Bonchev–Trinajstić information content (AvgIpc) is 2.82. The van der Waals surface area contributed by atoms with Crippen molar-refractivity contribution in [3.05, 3.63) is 60.7 Å². The summed E-state index contributed by atoms with van der Waals surface area (Å²) < 4.78 is 49.8. The second kappa shape index (κ2) is 12.6. The molecule has 0 aromatic heterocycles. The minimum Gasteiger partial charge on any atom is -0.744 e. The van der Waals surface area contributed by atoms with Crippen LogP contribution in [0.3, 0.4) is 0 Å². The van der Waals surface area contributed by atoms with Gasteiger partial charge in [0, 0.05) is 12.1 Å². The smallest absolute Gasteiger partial charge is 0.744 e. The monoisotopic (exact) mass is 492 g/mol. The zero-order chi connectivity index (χ0) is 23.8. The maximum atomic E-state index is 11.2. The van der Waals surface area contributed by atoms with E-state index in [1.807, 2.05) is 6.92 Å². The van der Waals surface area contributed by atoms with Crippen LogP contribution in [0.5, 0.6) is 17.2 Å². The number of nitrogens with zero attached hydrogens (tertiary/aromatic N) is 4. The molecule has 0 aliphatic carbocycles. The Morgan fingerprint density at radius 3 is 1.85 bits per heavy atom. The molecule has 0 aliphatic rings. The molecule has 0 aliphatic heterocycles. The van der Waals surface area contributed by atoms with Gasteiger partial charge < -0.3 is 18.8 Å². The second-order valence-electron chi connectivity index (χ2n) is 6.47. The number of methoxy groups -OCH3 is 2. The van der Waals surface area contributed by atoms with Crippen LogP contribution in [0.4, 0.5) is 22.7 Å². The Labute approximate surface area is 219 Å². The van der Waals surface area contributed by atoms with Gasteiger partial charge in [0.2, 0.25) is 0 Å². The van der Waals surface area contributed by atoms with Crippen LogP contribution in [-0.2, 0) is 10.1 Å². The molecule has 3 aromatic carbocycles. The third-order valence-corrected chi connectivity index (χ3v) is 5.11. The SMILES string of the molecule is CCOc1ccc(N=Nc2cc(OC)c(N=Nc3cccc(S(=O)(=O)[O-])c3)cc2OC)cc1.[Na+]. The van der Waals surface area contributed by atoms with Crippen LogP contribution in [0.15, 0.2) is 86.0 Å². The van der Waals surface area contributed by atoms with E-state index < -0.39 is 15.0 Å². The summed E-state index contributed by atoms with van der Waals surface area (Å²) in [6.45, 7) is 2.48. The molecule has 0 radical (unpaired) electrons. The van der Waals surface area contributed by atoms with Crippen LogP contribution in [0, 0.1) is 0 Å². The zero-order valence-electron chi connectivity index (χ0n) is 19.1. The molecule has 10 nitrogen and oxygen atoms in total. The van der Waals surface area contributed by atoms with Gasteiger partial charge in [-0.3, -0.25) is 0 Å². The molecule has 0 heterocycles. The molecule has 0 spiro atoms.